The molecule has 2 bridgehead atoms. The first-order valence-electron chi connectivity index (χ1n) is 8.63. The second-order valence-electron chi connectivity index (χ2n) is 8.00. The summed E-state index contributed by atoms with van der Waals surface area (Å²) in [6.45, 7) is 8.93. The summed E-state index contributed by atoms with van der Waals surface area (Å²) in [5, 5.41) is 11.1. The standard InChI is InChI=1S/C17H23O.C5H5.Fe/c1-15(2)13-9-10-16(15,3)17(4,18)14(13)11-12-7-5-6-8-12;1-2-4-5-3-1;/h5-8,11,13,18H,9-10H2,1-4H3;1-5H;/q2*-1;+2/b14-11+;;. The quantitative estimate of drug-likeness (QED) is 0.531. The predicted molar refractivity (Wildman–Crippen MR) is 97.3 cm³/mol. The van der Waals surface area contributed by atoms with Crippen molar-refractivity contribution < 1.29 is 22.2 Å². The summed E-state index contributed by atoms with van der Waals surface area (Å²) in [6.07, 6.45) is 4.57. The molecular weight excluding hydrogens is 336 g/mol. The van der Waals surface area contributed by atoms with Gasteiger partial charge in [0.25, 0.3) is 0 Å². The van der Waals surface area contributed by atoms with Gasteiger partial charge < -0.3 is 5.11 Å². The van der Waals surface area contributed by atoms with Crippen LogP contribution in [0.1, 0.15) is 46.1 Å². The Morgan fingerprint density at radius 3 is 2.08 bits per heavy atom. The average molecular weight is 364 g/mol. The number of hydrogen-bond acceptors (Lipinski definition) is 1. The Labute approximate surface area is 157 Å². The van der Waals surface area contributed by atoms with Crippen LogP contribution in [0.4, 0.5) is 0 Å². The van der Waals surface area contributed by atoms with Gasteiger partial charge in [0.1, 0.15) is 0 Å². The van der Waals surface area contributed by atoms with E-state index in [1.165, 1.54) is 17.6 Å². The topological polar surface area (TPSA) is 20.2 Å². The number of rotatable bonds is 1. The minimum absolute atomic E-state index is 0. The summed E-state index contributed by atoms with van der Waals surface area (Å²) in [7, 11) is 0. The molecule has 0 spiro atoms. The van der Waals surface area contributed by atoms with Gasteiger partial charge in [0, 0.05) is 0 Å². The first-order valence-corrected chi connectivity index (χ1v) is 8.63. The molecule has 2 aromatic carbocycles. The van der Waals surface area contributed by atoms with Gasteiger partial charge in [0.15, 0.2) is 0 Å². The molecule has 4 rings (SSSR count). The molecule has 0 amide bonds. The third kappa shape index (κ3) is 2.75. The van der Waals surface area contributed by atoms with Gasteiger partial charge in [-0.05, 0) is 30.1 Å². The van der Waals surface area contributed by atoms with Gasteiger partial charge in [-0.15, -0.1) is 29.3 Å². The Kier molecular flexibility index (Phi) is 5.35. The molecule has 2 fully saturated rings. The predicted octanol–water partition coefficient (Wildman–Crippen LogP) is 5.40. The van der Waals surface area contributed by atoms with E-state index in [1.807, 2.05) is 37.3 Å². The fourth-order valence-electron chi connectivity index (χ4n) is 4.80. The molecule has 2 saturated carbocycles. The van der Waals surface area contributed by atoms with E-state index in [1.54, 1.807) is 0 Å². The molecule has 0 aliphatic heterocycles. The number of hydrogen-bond donors (Lipinski definition) is 1. The minimum Gasteiger partial charge on any atom is -0.395 e. The van der Waals surface area contributed by atoms with Crippen LogP contribution in [0.25, 0.3) is 6.08 Å². The largest absolute Gasteiger partial charge is 2.00 e. The molecule has 130 valence electrons. The molecule has 0 heterocycles. The van der Waals surface area contributed by atoms with Gasteiger partial charge in [-0.1, -0.05) is 27.2 Å². The molecular formula is C22H28FeO. The molecule has 2 aliphatic carbocycles. The first-order chi connectivity index (χ1) is 10.8. The zero-order valence-corrected chi connectivity index (χ0v) is 16.2. The molecule has 2 aliphatic rings. The van der Waals surface area contributed by atoms with Crippen molar-refractivity contribution in [2.45, 2.75) is 46.1 Å². The van der Waals surface area contributed by atoms with Crippen LogP contribution in [0.5, 0.6) is 0 Å². The molecule has 3 atom stereocenters. The van der Waals surface area contributed by atoms with Crippen LogP contribution in [-0.2, 0) is 17.1 Å². The summed E-state index contributed by atoms with van der Waals surface area (Å²) >= 11 is 0. The molecule has 2 heteroatoms. The molecule has 24 heavy (non-hydrogen) atoms. The van der Waals surface area contributed by atoms with Gasteiger partial charge in [0.2, 0.25) is 0 Å². The van der Waals surface area contributed by atoms with E-state index in [2.05, 4.69) is 51.1 Å². The molecule has 1 N–H and O–H groups in total. The van der Waals surface area contributed by atoms with E-state index in [9.17, 15) is 5.11 Å². The fraction of sp³-hybridized carbons (Fsp3) is 0.455. The number of fused-ring (bicyclic) bond motifs is 2. The van der Waals surface area contributed by atoms with Crippen molar-refractivity contribution in [1.29, 1.82) is 0 Å². The van der Waals surface area contributed by atoms with Crippen LogP contribution in [0.3, 0.4) is 0 Å². The van der Waals surface area contributed by atoms with Crippen molar-refractivity contribution in [2.75, 3.05) is 0 Å². The Hall–Kier alpha value is -1.08. The van der Waals surface area contributed by atoms with Crippen molar-refractivity contribution in [3.8, 4) is 0 Å². The van der Waals surface area contributed by atoms with E-state index >= 15 is 0 Å². The molecule has 0 radical (unpaired) electrons. The second-order valence-corrected chi connectivity index (χ2v) is 8.00. The van der Waals surface area contributed by atoms with Crippen LogP contribution in [0.2, 0.25) is 0 Å². The third-order valence-corrected chi connectivity index (χ3v) is 6.80. The van der Waals surface area contributed by atoms with Crippen molar-refractivity contribution in [3.63, 3.8) is 0 Å². The van der Waals surface area contributed by atoms with E-state index in [0.29, 0.717) is 5.92 Å². The average Bonchev–Trinajstić information content (AvgIpc) is 3.23. The van der Waals surface area contributed by atoms with Crippen LogP contribution < -0.4 is 0 Å². The van der Waals surface area contributed by atoms with Crippen molar-refractivity contribution in [1.82, 2.24) is 0 Å². The minimum atomic E-state index is -0.670. The van der Waals surface area contributed by atoms with E-state index in [4.69, 9.17) is 0 Å². The maximum absolute atomic E-state index is 11.1. The summed E-state index contributed by atoms with van der Waals surface area (Å²) in [4.78, 5) is 0. The SMILES string of the molecule is CC1(O)/C(=C/[c-]2cccc2)C2CCC1(C)C2(C)C.[Fe+2].c1cc[cH-]c1. The molecule has 1 nitrogen and oxygen atoms in total. The van der Waals surface area contributed by atoms with Gasteiger partial charge >= 0.3 is 17.1 Å². The Morgan fingerprint density at radius 1 is 1.08 bits per heavy atom. The Morgan fingerprint density at radius 2 is 1.67 bits per heavy atom. The van der Waals surface area contributed by atoms with E-state index in [0.717, 1.165) is 6.42 Å². The van der Waals surface area contributed by atoms with Crippen LogP contribution in [0, 0.1) is 16.7 Å². The van der Waals surface area contributed by atoms with Crippen molar-refractivity contribution in [2.24, 2.45) is 16.7 Å². The normalized spacial score (nSPS) is 34.5. The van der Waals surface area contributed by atoms with Crippen molar-refractivity contribution in [3.05, 3.63) is 65.7 Å². The zero-order chi connectivity index (χ0) is 16.7. The van der Waals surface area contributed by atoms with Gasteiger partial charge in [-0.25, -0.2) is 12.1 Å². The summed E-state index contributed by atoms with van der Waals surface area (Å²) in [5.74, 6) is 0.521. The Bertz CT molecular complexity index is 644. The fourth-order valence-corrected chi connectivity index (χ4v) is 4.80. The van der Waals surface area contributed by atoms with Crippen molar-refractivity contribution >= 4 is 6.08 Å². The zero-order valence-electron chi connectivity index (χ0n) is 15.1. The monoisotopic (exact) mass is 364 g/mol. The second kappa shape index (κ2) is 6.67. The summed E-state index contributed by atoms with van der Waals surface area (Å²) in [6, 6.07) is 18.3. The van der Waals surface area contributed by atoms with Gasteiger partial charge in [-0.3, -0.25) is 0 Å². The Balaban J connectivity index is 0.000000300. The smallest absolute Gasteiger partial charge is 0.395 e. The maximum atomic E-state index is 11.1. The molecule has 0 aromatic heterocycles. The summed E-state index contributed by atoms with van der Waals surface area (Å²) < 4.78 is 0. The first kappa shape index (κ1) is 19.2. The number of aliphatic hydroxyl groups is 1. The van der Waals surface area contributed by atoms with Crippen LogP contribution in [0.15, 0.2) is 60.2 Å². The van der Waals surface area contributed by atoms with Gasteiger partial charge in [-0.2, -0.15) is 30.3 Å². The molecule has 3 unspecified atom stereocenters. The van der Waals surface area contributed by atoms with Crippen LogP contribution in [-0.4, -0.2) is 10.7 Å². The molecule has 2 aromatic rings. The maximum Gasteiger partial charge on any atom is 2.00 e. The summed E-state index contributed by atoms with van der Waals surface area (Å²) in [5.41, 5.74) is 1.99. The van der Waals surface area contributed by atoms with Crippen LogP contribution >= 0.6 is 0 Å². The van der Waals surface area contributed by atoms with E-state index < -0.39 is 5.60 Å². The van der Waals surface area contributed by atoms with Gasteiger partial charge in [0.05, 0.1) is 5.60 Å². The molecule has 0 saturated heterocycles. The van der Waals surface area contributed by atoms with E-state index in [-0.39, 0.29) is 27.9 Å². The third-order valence-electron chi connectivity index (χ3n) is 6.80.